The summed E-state index contributed by atoms with van der Waals surface area (Å²) in [6.45, 7) is 26.5. The van der Waals surface area contributed by atoms with Crippen LogP contribution in [0.25, 0.3) is 89.6 Å². The topological polar surface area (TPSA) is 209 Å². The number of benzene rings is 5. The summed E-state index contributed by atoms with van der Waals surface area (Å²) in [6.07, 6.45) is 17.0. The van der Waals surface area contributed by atoms with Crippen molar-refractivity contribution in [3.8, 4) is 45.3 Å². The van der Waals surface area contributed by atoms with Gasteiger partial charge in [-0.05, 0) is 169 Å². The van der Waals surface area contributed by atoms with Crippen LogP contribution in [0.1, 0.15) is 276 Å². The molecule has 0 radical (unpaired) electrons. The molecule has 5 aromatic carbocycles. The van der Waals surface area contributed by atoms with Crippen LogP contribution in [0.3, 0.4) is 0 Å². The number of fused-ring (bicyclic) bond motifs is 6. The molecule has 4 atom stereocenters. The summed E-state index contributed by atoms with van der Waals surface area (Å²) < 4.78 is 28.4. The highest BCUT2D eigenvalue weighted by Crippen LogP contribution is 2.54. The fourth-order valence-electron chi connectivity index (χ4n) is 19.1. The monoisotopic (exact) mass is 1590 g/mol. The van der Waals surface area contributed by atoms with E-state index < -0.39 is 0 Å². The molecule has 4 aromatic heterocycles. The lowest BCUT2D eigenvalue weighted by molar-refractivity contribution is -0.124. The van der Waals surface area contributed by atoms with E-state index in [1.54, 1.807) is 56.0 Å². The lowest BCUT2D eigenvalue weighted by atomic mass is 9.90. The van der Waals surface area contributed by atoms with Crippen molar-refractivity contribution >= 4 is 91.6 Å². The van der Waals surface area contributed by atoms with Crippen LogP contribution in [-0.4, -0.2) is 115 Å². The van der Waals surface area contributed by atoms with Gasteiger partial charge < -0.3 is 37.3 Å². The third-order valence-electron chi connectivity index (χ3n) is 26.1. The van der Waals surface area contributed by atoms with Gasteiger partial charge in [-0.3, -0.25) is 48.2 Å². The van der Waals surface area contributed by atoms with E-state index in [-0.39, 0.29) is 105 Å². The molecule has 9 aromatic rings. The molecule has 614 valence electrons. The highest BCUT2D eigenvalue weighted by Gasteiger charge is 2.54. The van der Waals surface area contributed by atoms with Crippen molar-refractivity contribution < 1.29 is 56.0 Å². The van der Waals surface area contributed by atoms with Crippen molar-refractivity contribution in [1.82, 2.24) is 29.4 Å². The normalized spacial score (nSPS) is 16.7. The summed E-state index contributed by atoms with van der Waals surface area (Å²) in [5.41, 5.74) is 6.68. The summed E-state index contributed by atoms with van der Waals surface area (Å²) in [4.78, 5) is 130. The van der Waals surface area contributed by atoms with Crippen LogP contribution in [0.5, 0.6) is 0 Å². The Kier molecular flexibility index (Phi) is 24.2. The number of imide groups is 2. The molecule has 118 heavy (non-hydrogen) atoms. The molecule has 0 spiro atoms. The summed E-state index contributed by atoms with van der Waals surface area (Å²) >= 11 is 0. The largest absolute Gasteiger partial charge is 0.455 e. The Balaban J connectivity index is 0.851. The number of unbranched alkanes of at least 4 members (excludes halogenated alkanes) is 4. The third-order valence-corrected chi connectivity index (χ3v) is 26.1. The molecule has 6 aliphatic heterocycles. The van der Waals surface area contributed by atoms with E-state index in [0.717, 1.165) is 135 Å². The molecule has 0 N–H and O–H groups in total. The van der Waals surface area contributed by atoms with Gasteiger partial charge in [-0.2, -0.15) is 0 Å². The Morgan fingerprint density at radius 1 is 0.263 bits per heavy atom. The van der Waals surface area contributed by atoms with Gasteiger partial charge in [0.05, 0.1) is 44.5 Å². The minimum absolute atomic E-state index is 0.0934. The highest BCUT2D eigenvalue weighted by molar-refractivity contribution is 6.32. The van der Waals surface area contributed by atoms with Crippen LogP contribution in [0.15, 0.2) is 173 Å². The van der Waals surface area contributed by atoms with Crippen molar-refractivity contribution in [3.05, 3.63) is 201 Å². The molecule has 15 rings (SSSR count). The number of furan rings is 4. The lowest BCUT2D eigenvalue weighted by Crippen LogP contribution is -2.39. The van der Waals surface area contributed by atoms with Crippen LogP contribution in [0.2, 0.25) is 0 Å². The zero-order chi connectivity index (χ0) is 83.1. The SMILES string of the molecule is CCCCC(CC)CN1C(=O)C2=C(c3ccc(-c4c5ccccc5c(-c5ccc(C6=C7C(=O)N(CC(CC)CCCC)C(c8ccc(-c9ccc%10c(c9)C(=O)N(C(CC)CC)C%10=O)o8)=C7C(=O)N6CC(CC)CCCC)o5)c5ccccc45)o3)N(CC(CC)CCCC)C(=O)C2=C1c1ccc(-c2ccc3c(c2)C(=O)N(C(CC)CC)C3=O)o1. The van der Waals surface area contributed by atoms with Crippen LogP contribution >= 0.6 is 0 Å². The van der Waals surface area contributed by atoms with Gasteiger partial charge in [0.2, 0.25) is 0 Å². The van der Waals surface area contributed by atoms with Crippen molar-refractivity contribution in [1.29, 1.82) is 0 Å². The molecular formula is C100H112N6O12. The van der Waals surface area contributed by atoms with E-state index in [0.29, 0.717) is 154 Å². The molecule has 0 fully saturated rings. The summed E-state index contributed by atoms with van der Waals surface area (Å²) in [7, 11) is 0. The summed E-state index contributed by atoms with van der Waals surface area (Å²) in [6, 6.07) is 41.1. The molecular weight excluding hydrogens is 1480 g/mol. The molecule has 6 aliphatic rings. The van der Waals surface area contributed by atoms with Gasteiger partial charge in [-0.15, -0.1) is 0 Å². The Hall–Kier alpha value is -11.1. The molecule has 18 nitrogen and oxygen atoms in total. The second kappa shape index (κ2) is 34.8. The Morgan fingerprint density at radius 3 is 0.763 bits per heavy atom. The average molecular weight is 1590 g/mol. The van der Waals surface area contributed by atoms with Gasteiger partial charge in [-0.25, -0.2) is 0 Å². The van der Waals surface area contributed by atoms with Gasteiger partial charge >= 0.3 is 0 Å². The second-order valence-corrected chi connectivity index (χ2v) is 33.1. The van der Waals surface area contributed by atoms with Crippen LogP contribution in [-0.2, 0) is 19.2 Å². The van der Waals surface area contributed by atoms with Gasteiger partial charge in [0, 0.05) is 60.5 Å². The zero-order valence-electron chi connectivity index (χ0n) is 70.7. The molecule has 0 saturated heterocycles. The van der Waals surface area contributed by atoms with Crippen LogP contribution in [0, 0.1) is 23.7 Å². The quantitative estimate of drug-likeness (QED) is 0.0261. The average Bonchev–Trinajstić information content (AvgIpc) is 1.53. The number of rotatable bonds is 38. The number of hydrogen-bond acceptors (Lipinski definition) is 12. The Bertz CT molecular complexity index is 5190. The summed E-state index contributed by atoms with van der Waals surface area (Å²) in [5, 5.41) is 3.35. The smallest absolute Gasteiger partial charge is 0.261 e. The van der Waals surface area contributed by atoms with E-state index in [4.69, 9.17) is 17.7 Å². The van der Waals surface area contributed by atoms with Gasteiger partial charge in [0.25, 0.3) is 47.3 Å². The number of carbonyl (C=O) groups is 8. The standard InChI is InChI=1S/C100H112N6O12/c1-13-25-33-59(17-5)55-101-89(79-49-45-75(115-79)63-41-43-71-73(53-63)95(109)105(93(71)107)65(21-9)22-10)85-87(99(101)113)91(103(97(85)111)57-61(19-7)35-27-15-3)81-51-47-77(117-81)83-67-37-29-31-39-69(67)84(70-40-32-30-38-68(70)83)78-48-52-82(118-78)92-88-86(98(112)104(92)58-62(20-8)36-28-16-4)90(102(100(88)114)56-60(18-6)34-26-14-2)80-50-46-76(116-80)64-42-44-72-74(54-64)96(110)106(94(72)108)66(23-11)24-12/h29-32,37-54,59-62,65-66H,13-28,33-36,55-58H2,1-12H3. The molecule has 10 heterocycles. The first-order chi connectivity index (χ1) is 57.4. The first-order valence-corrected chi connectivity index (χ1v) is 44.0. The second-order valence-electron chi connectivity index (χ2n) is 33.1. The van der Waals surface area contributed by atoms with Crippen molar-refractivity contribution in [2.45, 2.75) is 224 Å². The summed E-state index contributed by atoms with van der Waals surface area (Å²) in [5.74, 6) is 1.09. The maximum atomic E-state index is 16.1. The molecule has 8 amide bonds. The zero-order valence-corrected chi connectivity index (χ0v) is 70.7. The van der Waals surface area contributed by atoms with Crippen molar-refractivity contribution in [2.24, 2.45) is 23.7 Å². The number of hydrogen-bond donors (Lipinski definition) is 0. The van der Waals surface area contributed by atoms with Crippen LogP contribution < -0.4 is 0 Å². The minimum Gasteiger partial charge on any atom is -0.455 e. The predicted octanol–water partition coefficient (Wildman–Crippen LogP) is 23.1. The van der Waals surface area contributed by atoms with E-state index in [1.165, 1.54) is 9.80 Å². The van der Waals surface area contributed by atoms with Gasteiger partial charge in [-0.1, -0.05) is 221 Å². The van der Waals surface area contributed by atoms with E-state index in [9.17, 15) is 19.2 Å². The first kappa shape index (κ1) is 82.0. The number of carbonyl (C=O) groups excluding carboxylic acids is 8. The molecule has 0 saturated carbocycles. The van der Waals surface area contributed by atoms with Gasteiger partial charge in [0.15, 0.2) is 23.0 Å². The molecule has 0 bridgehead atoms. The third kappa shape index (κ3) is 14.3. The molecule has 0 aliphatic carbocycles. The first-order valence-electron chi connectivity index (χ1n) is 44.0. The van der Waals surface area contributed by atoms with E-state index in [1.807, 2.05) is 100 Å². The maximum absolute atomic E-state index is 16.1. The van der Waals surface area contributed by atoms with Crippen molar-refractivity contribution in [2.75, 3.05) is 26.2 Å². The lowest BCUT2D eigenvalue weighted by Gasteiger charge is -2.28. The Labute approximate surface area is 693 Å². The maximum Gasteiger partial charge on any atom is 0.261 e. The van der Waals surface area contributed by atoms with Crippen LogP contribution in [0.4, 0.5) is 0 Å². The fourth-order valence-corrected chi connectivity index (χ4v) is 19.1. The van der Waals surface area contributed by atoms with E-state index >= 15 is 19.2 Å². The van der Waals surface area contributed by atoms with Gasteiger partial charge in [0.1, 0.15) is 45.8 Å². The molecule has 18 heteroatoms. The van der Waals surface area contributed by atoms with E-state index in [2.05, 4.69) is 79.7 Å². The number of amides is 8. The predicted molar refractivity (Wildman–Crippen MR) is 463 cm³/mol. The number of nitrogens with zero attached hydrogens (tertiary/aromatic N) is 6. The Morgan fingerprint density at radius 2 is 0.508 bits per heavy atom. The minimum atomic E-state index is -0.336. The fraction of sp³-hybridized carbons (Fsp3) is 0.420. The molecule has 4 unspecified atom stereocenters. The highest BCUT2D eigenvalue weighted by atomic mass is 16.4. The van der Waals surface area contributed by atoms with Crippen molar-refractivity contribution in [3.63, 3.8) is 0 Å².